The fourth-order valence-corrected chi connectivity index (χ4v) is 3.12. The molecule has 0 unspecified atom stereocenters. The Balaban J connectivity index is 1.60. The standard InChI is InChI=1S/C20H18N4O3S/c1-26-17-9-7-16(8-10-17)19-22-23-20(27-19)28-14-18(25)24(12-11-21)13-15-5-3-2-4-6-15/h2-10H,12-14H2,1H3. The van der Waals surface area contributed by atoms with Crippen molar-refractivity contribution in [1.82, 2.24) is 15.1 Å². The molecule has 7 nitrogen and oxygen atoms in total. The lowest BCUT2D eigenvalue weighted by atomic mass is 10.2. The summed E-state index contributed by atoms with van der Waals surface area (Å²) in [5.74, 6) is 1.05. The third-order valence-corrected chi connectivity index (χ3v) is 4.70. The Kier molecular flexibility index (Phi) is 6.65. The van der Waals surface area contributed by atoms with E-state index in [1.54, 1.807) is 19.2 Å². The molecule has 3 rings (SSSR count). The maximum atomic E-state index is 12.5. The zero-order chi connectivity index (χ0) is 19.8. The summed E-state index contributed by atoms with van der Waals surface area (Å²) in [4.78, 5) is 14.0. The average Bonchev–Trinajstić information content (AvgIpc) is 3.21. The number of hydrogen-bond acceptors (Lipinski definition) is 7. The topological polar surface area (TPSA) is 92.3 Å². The van der Waals surface area contributed by atoms with Gasteiger partial charge in [-0.3, -0.25) is 4.79 Å². The fourth-order valence-electron chi connectivity index (χ4n) is 2.45. The highest BCUT2D eigenvalue weighted by Crippen LogP contribution is 2.25. The van der Waals surface area contributed by atoms with Crippen LogP contribution in [-0.4, -0.2) is 40.4 Å². The number of carbonyl (C=O) groups is 1. The Morgan fingerprint density at radius 2 is 1.93 bits per heavy atom. The van der Waals surface area contributed by atoms with Crippen LogP contribution in [0.25, 0.3) is 11.5 Å². The summed E-state index contributed by atoms with van der Waals surface area (Å²) in [6.45, 7) is 0.407. The summed E-state index contributed by atoms with van der Waals surface area (Å²) in [6, 6.07) is 18.8. The van der Waals surface area contributed by atoms with E-state index >= 15 is 0 Å². The average molecular weight is 394 g/mol. The van der Waals surface area contributed by atoms with Crippen LogP contribution < -0.4 is 4.74 Å². The van der Waals surface area contributed by atoms with Gasteiger partial charge in [-0.05, 0) is 29.8 Å². The van der Waals surface area contributed by atoms with Gasteiger partial charge in [-0.25, -0.2) is 0 Å². The summed E-state index contributed by atoms with van der Waals surface area (Å²) in [5.41, 5.74) is 1.73. The van der Waals surface area contributed by atoms with Crippen LogP contribution >= 0.6 is 11.8 Å². The van der Waals surface area contributed by atoms with E-state index < -0.39 is 0 Å². The smallest absolute Gasteiger partial charge is 0.277 e. The van der Waals surface area contributed by atoms with Gasteiger partial charge in [-0.2, -0.15) is 5.26 Å². The largest absolute Gasteiger partial charge is 0.497 e. The first-order valence-corrected chi connectivity index (χ1v) is 9.47. The monoisotopic (exact) mass is 394 g/mol. The maximum Gasteiger partial charge on any atom is 0.277 e. The summed E-state index contributed by atoms with van der Waals surface area (Å²) in [6.07, 6.45) is 0. The second-order valence-corrected chi connectivity index (χ2v) is 6.71. The molecule has 0 N–H and O–H groups in total. The first kappa shape index (κ1) is 19.5. The third-order valence-electron chi connectivity index (χ3n) is 3.89. The number of benzene rings is 2. The van der Waals surface area contributed by atoms with Gasteiger partial charge >= 0.3 is 0 Å². The molecule has 28 heavy (non-hydrogen) atoms. The van der Waals surface area contributed by atoms with Crippen molar-refractivity contribution in [2.75, 3.05) is 19.4 Å². The number of hydrogen-bond donors (Lipinski definition) is 0. The molecule has 1 amide bonds. The highest BCUT2D eigenvalue weighted by atomic mass is 32.2. The van der Waals surface area contributed by atoms with Crippen molar-refractivity contribution in [3.05, 3.63) is 60.2 Å². The molecule has 142 valence electrons. The van der Waals surface area contributed by atoms with Gasteiger partial charge in [0.25, 0.3) is 5.22 Å². The van der Waals surface area contributed by atoms with E-state index in [2.05, 4.69) is 10.2 Å². The van der Waals surface area contributed by atoms with E-state index in [4.69, 9.17) is 14.4 Å². The van der Waals surface area contributed by atoms with Gasteiger partial charge in [0.2, 0.25) is 11.8 Å². The lowest BCUT2D eigenvalue weighted by Crippen LogP contribution is -2.32. The Hall–Kier alpha value is -3.31. The molecule has 0 saturated carbocycles. The van der Waals surface area contributed by atoms with E-state index in [0.29, 0.717) is 17.7 Å². The predicted octanol–water partition coefficient (Wildman–Crippen LogP) is 3.39. The van der Waals surface area contributed by atoms with E-state index in [0.717, 1.165) is 28.6 Å². The van der Waals surface area contributed by atoms with Crippen LogP contribution in [0.15, 0.2) is 64.2 Å². The van der Waals surface area contributed by atoms with Crippen molar-refractivity contribution >= 4 is 17.7 Å². The Bertz CT molecular complexity index is 952. The SMILES string of the molecule is COc1ccc(-c2nnc(SCC(=O)N(CC#N)Cc3ccccc3)o2)cc1. The number of rotatable bonds is 8. The van der Waals surface area contributed by atoms with Crippen molar-refractivity contribution in [2.24, 2.45) is 0 Å². The predicted molar refractivity (Wildman–Crippen MR) is 104 cm³/mol. The Morgan fingerprint density at radius 3 is 2.61 bits per heavy atom. The lowest BCUT2D eigenvalue weighted by molar-refractivity contribution is -0.128. The van der Waals surface area contributed by atoms with Crippen LogP contribution in [0.1, 0.15) is 5.56 Å². The number of thioether (sulfide) groups is 1. The number of amides is 1. The van der Waals surface area contributed by atoms with Crippen molar-refractivity contribution in [3.8, 4) is 23.3 Å². The molecule has 0 aliphatic rings. The quantitative estimate of drug-likeness (QED) is 0.427. The molecule has 1 heterocycles. The van der Waals surface area contributed by atoms with Crippen molar-refractivity contribution in [2.45, 2.75) is 11.8 Å². The van der Waals surface area contributed by atoms with E-state index in [1.807, 2.05) is 48.5 Å². The molecule has 0 aliphatic carbocycles. The highest BCUT2D eigenvalue weighted by Gasteiger charge is 2.16. The number of nitrogens with zero attached hydrogens (tertiary/aromatic N) is 4. The first-order valence-electron chi connectivity index (χ1n) is 8.49. The summed E-state index contributed by atoms with van der Waals surface area (Å²) in [5, 5.41) is 17.3. The van der Waals surface area contributed by atoms with Gasteiger partial charge in [0, 0.05) is 12.1 Å². The minimum atomic E-state index is -0.167. The van der Waals surface area contributed by atoms with Crippen LogP contribution in [0.5, 0.6) is 5.75 Å². The zero-order valence-electron chi connectivity index (χ0n) is 15.2. The maximum absolute atomic E-state index is 12.5. The Labute approximate surface area is 166 Å². The van der Waals surface area contributed by atoms with Crippen molar-refractivity contribution < 1.29 is 13.9 Å². The van der Waals surface area contributed by atoms with Crippen LogP contribution in [0.3, 0.4) is 0 Å². The van der Waals surface area contributed by atoms with Crippen LogP contribution in [0, 0.1) is 11.3 Å². The number of aromatic nitrogens is 2. The molecule has 0 saturated heterocycles. The second kappa shape index (κ2) is 9.58. The summed E-state index contributed by atoms with van der Waals surface area (Å²) >= 11 is 1.15. The number of nitriles is 1. The summed E-state index contributed by atoms with van der Waals surface area (Å²) in [7, 11) is 1.60. The summed E-state index contributed by atoms with van der Waals surface area (Å²) < 4.78 is 10.7. The van der Waals surface area contributed by atoms with Gasteiger partial charge in [-0.1, -0.05) is 42.1 Å². The minimum absolute atomic E-state index is 0.0230. The molecule has 2 aromatic carbocycles. The number of carbonyl (C=O) groups excluding carboxylic acids is 1. The number of methoxy groups -OCH3 is 1. The van der Waals surface area contributed by atoms with E-state index in [-0.39, 0.29) is 18.2 Å². The van der Waals surface area contributed by atoms with E-state index in [9.17, 15) is 4.79 Å². The third kappa shape index (κ3) is 5.11. The molecule has 0 spiro atoms. The molecule has 1 aromatic heterocycles. The van der Waals surface area contributed by atoms with Crippen LogP contribution in [-0.2, 0) is 11.3 Å². The van der Waals surface area contributed by atoms with Gasteiger partial charge in [0.15, 0.2) is 0 Å². The molecular formula is C20H18N4O3S. The molecule has 0 bridgehead atoms. The molecule has 0 atom stereocenters. The first-order chi connectivity index (χ1) is 13.7. The van der Waals surface area contributed by atoms with Gasteiger partial charge in [0.05, 0.1) is 18.9 Å². The zero-order valence-corrected chi connectivity index (χ0v) is 16.1. The minimum Gasteiger partial charge on any atom is -0.497 e. The van der Waals surface area contributed by atoms with Crippen LogP contribution in [0.4, 0.5) is 0 Å². The molecule has 3 aromatic rings. The lowest BCUT2D eigenvalue weighted by Gasteiger charge is -2.19. The van der Waals surface area contributed by atoms with Crippen molar-refractivity contribution in [3.63, 3.8) is 0 Å². The van der Waals surface area contributed by atoms with Crippen LogP contribution in [0.2, 0.25) is 0 Å². The Morgan fingerprint density at radius 1 is 1.18 bits per heavy atom. The van der Waals surface area contributed by atoms with Gasteiger partial charge in [0.1, 0.15) is 12.3 Å². The normalized spacial score (nSPS) is 10.3. The highest BCUT2D eigenvalue weighted by molar-refractivity contribution is 7.99. The molecule has 0 radical (unpaired) electrons. The molecular weight excluding hydrogens is 376 g/mol. The van der Waals surface area contributed by atoms with Gasteiger partial charge in [-0.15, -0.1) is 10.2 Å². The molecule has 8 heteroatoms. The van der Waals surface area contributed by atoms with Crippen molar-refractivity contribution in [1.29, 1.82) is 5.26 Å². The molecule has 0 aliphatic heterocycles. The fraction of sp³-hybridized carbons (Fsp3) is 0.200. The second-order valence-electron chi connectivity index (χ2n) is 5.78. The van der Waals surface area contributed by atoms with E-state index in [1.165, 1.54) is 4.90 Å². The number of ether oxygens (including phenoxy) is 1. The van der Waals surface area contributed by atoms with Gasteiger partial charge < -0.3 is 14.1 Å². The molecule has 0 fully saturated rings.